The minimum absolute atomic E-state index is 0.00679. The van der Waals surface area contributed by atoms with E-state index in [1.165, 1.54) is 27.8 Å². The molecule has 174 valence electrons. The van der Waals surface area contributed by atoms with E-state index in [1.807, 2.05) is 0 Å². The second kappa shape index (κ2) is 8.77. The first-order valence-electron chi connectivity index (χ1n) is 10.9. The number of hydrogen-bond donors (Lipinski definition) is 3. The number of carbonyl (C=O) groups is 1. The number of rotatable bonds is 4. The van der Waals surface area contributed by atoms with E-state index in [2.05, 4.69) is 25.6 Å². The van der Waals surface area contributed by atoms with Gasteiger partial charge >= 0.3 is 6.09 Å². The number of piperidine rings is 1. The predicted molar refractivity (Wildman–Crippen MR) is 117 cm³/mol. The summed E-state index contributed by atoms with van der Waals surface area (Å²) in [5.41, 5.74) is 0.946. The Kier molecular flexibility index (Phi) is 5.67. The summed E-state index contributed by atoms with van der Waals surface area (Å²) in [5.74, 6) is -0.677. The van der Waals surface area contributed by atoms with Gasteiger partial charge in [0, 0.05) is 45.0 Å². The van der Waals surface area contributed by atoms with Crippen molar-refractivity contribution in [3.63, 3.8) is 0 Å². The van der Waals surface area contributed by atoms with E-state index >= 15 is 4.39 Å². The fraction of sp³-hybridized carbons (Fsp3) is 0.429. The largest absolute Gasteiger partial charge is 0.465 e. The van der Waals surface area contributed by atoms with Crippen LogP contribution in [0.5, 0.6) is 0 Å². The standard InChI is InChI=1S/C21H24F2N8O2/c22-13-3-4-16-25-11-15(31(16)12-13)18-27-19(26-14-2-1-5-24-10-14)17(23)20(28-18)29-6-8-30(9-7-29)21(32)33/h3-4,11-12,14,24H,1-2,5-10H2,(H,32,33)(H,26,27,28). The maximum atomic E-state index is 15.6. The van der Waals surface area contributed by atoms with Crippen molar-refractivity contribution in [2.75, 3.05) is 49.5 Å². The topological polar surface area (TPSA) is 111 Å². The minimum atomic E-state index is -1.00. The van der Waals surface area contributed by atoms with Crippen LogP contribution < -0.4 is 15.5 Å². The Morgan fingerprint density at radius 3 is 2.73 bits per heavy atom. The average molecular weight is 458 g/mol. The van der Waals surface area contributed by atoms with Crippen molar-refractivity contribution in [1.82, 2.24) is 29.6 Å². The van der Waals surface area contributed by atoms with E-state index in [1.54, 1.807) is 11.0 Å². The van der Waals surface area contributed by atoms with Crippen LogP contribution in [0, 0.1) is 11.6 Å². The second-order valence-electron chi connectivity index (χ2n) is 8.20. The fourth-order valence-corrected chi connectivity index (χ4v) is 4.25. The van der Waals surface area contributed by atoms with Crippen LogP contribution in [-0.4, -0.2) is 80.8 Å². The lowest BCUT2D eigenvalue weighted by atomic mass is 10.1. The lowest BCUT2D eigenvalue weighted by Gasteiger charge is -2.34. The number of nitrogens with one attached hydrogen (secondary N) is 2. The maximum absolute atomic E-state index is 15.6. The Bertz CT molecular complexity index is 1170. The van der Waals surface area contributed by atoms with Gasteiger partial charge in [-0.25, -0.2) is 24.1 Å². The molecule has 0 radical (unpaired) electrons. The highest BCUT2D eigenvalue weighted by Gasteiger charge is 2.27. The summed E-state index contributed by atoms with van der Waals surface area (Å²) in [4.78, 5) is 27.5. The zero-order valence-electron chi connectivity index (χ0n) is 17.8. The van der Waals surface area contributed by atoms with Crippen molar-refractivity contribution in [1.29, 1.82) is 0 Å². The zero-order valence-corrected chi connectivity index (χ0v) is 17.8. The Labute approximate surface area is 188 Å². The number of hydrogen-bond acceptors (Lipinski definition) is 7. The normalized spacial score (nSPS) is 19.2. The minimum Gasteiger partial charge on any atom is -0.465 e. The molecule has 1 atom stereocenters. The quantitative estimate of drug-likeness (QED) is 0.545. The number of pyridine rings is 1. The molecular weight excluding hydrogens is 434 g/mol. The van der Waals surface area contributed by atoms with Gasteiger partial charge in [-0.15, -0.1) is 0 Å². The molecule has 10 nitrogen and oxygen atoms in total. The third kappa shape index (κ3) is 4.25. The number of imidazole rings is 1. The molecule has 3 N–H and O–H groups in total. The van der Waals surface area contributed by atoms with Crippen LogP contribution in [0.3, 0.4) is 0 Å². The summed E-state index contributed by atoms with van der Waals surface area (Å²) >= 11 is 0. The van der Waals surface area contributed by atoms with Gasteiger partial charge in [-0.1, -0.05) is 0 Å². The van der Waals surface area contributed by atoms with Gasteiger partial charge in [-0.2, -0.15) is 4.39 Å². The molecule has 0 spiro atoms. The number of fused-ring (bicyclic) bond motifs is 1. The number of nitrogens with zero attached hydrogens (tertiary/aromatic N) is 6. The summed E-state index contributed by atoms with van der Waals surface area (Å²) in [5, 5.41) is 15.7. The summed E-state index contributed by atoms with van der Waals surface area (Å²) < 4.78 is 31.0. The first-order chi connectivity index (χ1) is 16.0. The van der Waals surface area contributed by atoms with Gasteiger partial charge in [0.25, 0.3) is 0 Å². The molecule has 3 aromatic heterocycles. The Hall–Kier alpha value is -3.54. The van der Waals surface area contributed by atoms with Crippen LogP contribution in [0.25, 0.3) is 17.2 Å². The van der Waals surface area contributed by atoms with Crippen molar-refractivity contribution < 1.29 is 18.7 Å². The van der Waals surface area contributed by atoms with E-state index in [-0.39, 0.29) is 36.6 Å². The van der Waals surface area contributed by atoms with Crippen LogP contribution in [0.15, 0.2) is 24.5 Å². The van der Waals surface area contributed by atoms with Gasteiger partial charge in [0.15, 0.2) is 17.5 Å². The summed E-state index contributed by atoms with van der Waals surface area (Å²) in [7, 11) is 0. The molecule has 2 aliphatic rings. The smallest absolute Gasteiger partial charge is 0.407 e. The van der Waals surface area contributed by atoms with Gasteiger partial charge in [0.2, 0.25) is 5.82 Å². The van der Waals surface area contributed by atoms with Crippen molar-refractivity contribution in [2.24, 2.45) is 0 Å². The first-order valence-corrected chi connectivity index (χ1v) is 10.9. The number of carboxylic acid groups (broad SMARTS) is 1. The molecule has 5 rings (SSSR count). The Balaban J connectivity index is 1.55. The SMILES string of the molecule is O=C(O)N1CCN(c2nc(-c3cnc4ccc(F)cn34)nc(NC3CCCNC3)c2F)CC1. The number of halogens is 2. The van der Waals surface area contributed by atoms with Gasteiger partial charge in [0.05, 0.1) is 6.20 Å². The molecule has 0 bridgehead atoms. The van der Waals surface area contributed by atoms with Gasteiger partial charge in [-0.3, -0.25) is 4.40 Å². The van der Waals surface area contributed by atoms with Crippen molar-refractivity contribution in [3.05, 3.63) is 36.2 Å². The second-order valence-corrected chi connectivity index (χ2v) is 8.20. The highest BCUT2D eigenvalue weighted by Crippen LogP contribution is 2.29. The van der Waals surface area contributed by atoms with Gasteiger partial charge in [0.1, 0.15) is 17.2 Å². The monoisotopic (exact) mass is 458 g/mol. The third-order valence-corrected chi connectivity index (χ3v) is 6.02. The molecule has 0 aliphatic carbocycles. The zero-order chi connectivity index (χ0) is 22.9. The van der Waals surface area contributed by atoms with E-state index in [0.29, 0.717) is 31.0 Å². The molecule has 33 heavy (non-hydrogen) atoms. The van der Waals surface area contributed by atoms with E-state index in [0.717, 1.165) is 19.4 Å². The molecule has 2 fully saturated rings. The predicted octanol–water partition coefficient (Wildman–Crippen LogP) is 2.03. The third-order valence-electron chi connectivity index (χ3n) is 6.02. The van der Waals surface area contributed by atoms with Crippen LogP contribution >= 0.6 is 0 Å². The fourth-order valence-electron chi connectivity index (χ4n) is 4.25. The summed E-state index contributed by atoms with van der Waals surface area (Å²) in [6.45, 7) is 2.68. The molecule has 3 aromatic rings. The molecule has 2 saturated heterocycles. The van der Waals surface area contributed by atoms with Crippen LogP contribution in [0.1, 0.15) is 12.8 Å². The molecule has 1 amide bonds. The number of piperazine rings is 1. The van der Waals surface area contributed by atoms with Crippen molar-refractivity contribution in [2.45, 2.75) is 18.9 Å². The molecule has 2 aliphatic heterocycles. The van der Waals surface area contributed by atoms with Crippen LogP contribution in [0.4, 0.5) is 25.2 Å². The molecule has 12 heteroatoms. The molecule has 0 saturated carbocycles. The van der Waals surface area contributed by atoms with E-state index in [9.17, 15) is 14.3 Å². The first kappa shape index (κ1) is 21.3. The summed E-state index contributed by atoms with van der Waals surface area (Å²) in [6.07, 6.45) is 3.65. The average Bonchev–Trinajstić information content (AvgIpc) is 3.24. The molecular formula is C21H24F2N8O2. The molecule has 0 aromatic carbocycles. The Morgan fingerprint density at radius 2 is 2.00 bits per heavy atom. The van der Waals surface area contributed by atoms with Crippen molar-refractivity contribution in [3.8, 4) is 11.5 Å². The van der Waals surface area contributed by atoms with Gasteiger partial charge in [-0.05, 0) is 31.5 Å². The van der Waals surface area contributed by atoms with Gasteiger partial charge < -0.3 is 25.5 Å². The lowest BCUT2D eigenvalue weighted by Crippen LogP contribution is -2.49. The van der Waals surface area contributed by atoms with Crippen molar-refractivity contribution >= 4 is 23.4 Å². The van der Waals surface area contributed by atoms with E-state index < -0.39 is 17.7 Å². The lowest BCUT2D eigenvalue weighted by molar-refractivity contribution is 0.142. The maximum Gasteiger partial charge on any atom is 0.407 e. The Morgan fingerprint density at radius 1 is 1.18 bits per heavy atom. The highest BCUT2D eigenvalue weighted by atomic mass is 19.1. The van der Waals surface area contributed by atoms with Crippen LogP contribution in [-0.2, 0) is 0 Å². The highest BCUT2D eigenvalue weighted by molar-refractivity contribution is 5.66. The molecule has 1 unspecified atom stereocenters. The number of aromatic nitrogens is 4. The van der Waals surface area contributed by atoms with E-state index in [4.69, 9.17) is 0 Å². The number of anilines is 2. The number of amides is 1. The molecule has 5 heterocycles. The summed E-state index contributed by atoms with van der Waals surface area (Å²) in [6, 6.07) is 2.86. The van der Waals surface area contributed by atoms with Crippen LogP contribution in [0.2, 0.25) is 0 Å².